The lowest BCUT2D eigenvalue weighted by molar-refractivity contribution is -0.0329. The van der Waals surface area contributed by atoms with Gasteiger partial charge < -0.3 is 15.2 Å². The van der Waals surface area contributed by atoms with Crippen molar-refractivity contribution >= 4 is 29.0 Å². The maximum absolute atomic E-state index is 11.9. The van der Waals surface area contributed by atoms with E-state index in [0.29, 0.717) is 17.1 Å². The van der Waals surface area contributed by atoms with Crippen molar-refractivity contribution < 1.29 is 22.6 Å². The first-order valence-corrected chi connectivity index (χ1v) is 6.54. The van der Waals surface area contributed by atoms with Crippen LogP contribution in [0.15, 0.2) is 18.2 Å². The van der Waals surface area contributed by atoms with Gasteiger partial charge in [0.05, 0.1) is 13.7 Å². The fourth-order valence-corrected chi connectivity index (χ4v) is 1.77. The number of halogens is 3. The predicted octanol–water partition coefficient (Wildman–Crippen LogP) is 2.96. The highest BCUT2D eigenvalue weighted by Gasteiger charge is 2.27. The molecule has 0 spiro atoms. The summed E-state index contributed by atoms with van der Waals surface area (Å²) in [6, 6.07) is 4.76. The molecule has 0 saturated heterocycles. The van der Waals surface area contributed by atoms with E-state index in [9.17, 15) is 13.2 Å². The van der Waals surface area contributed by atoms with Gasteiger partial charge in [0.1, 0.15) is 4.99 Å². The van der Waals surface area contributed by atoms with E-state index < -0.39 is 5.51 Å². The standard InChI is InChI=1S/C11H12F3NO2S2/c1-16-9-6-7(10(15)18)2-3-8(9)17-4-5-19-11(12,13)14/h2-3,6H,4-5H2,1H3,(H2,15,18). The third-order valence-electron chi connectivity index (χ3n) is 2.05. The third-order valence-corrected chi connectivity index (χ3v) is 2.99. The first-order valence-electron chi connectivity index (χ1n) is 5.15. The second kappa shape index (κ2) is 6.85. The smallest absolute Gasteiger partial charge is 0.441 e. The van der Waals surface area contributed by atoms with E-state index in [-0.39, 0.29) is 29.1 Å². The van der Waals surface area contributed by atoms with Crippen LogP contribution in [0.25, 0.3) is 0 Å². The molecule has 19 heavy (non-hydrogen) atoms. The van der Waals surface area contributed by atoms with Crippen LogP contribution in [0.3, 0.4) is 0 Å². The van der Waals surface area contributed by atoms with Gasteiger partial charge in [0.2, 0.25) is 0 Å². The summed E-state index contributed by atoms with van der Waals surface area (Å²) < 4.78 is 46.1. The van der Waals surface area contributed by atoms with E-state index in [1.807, 2.05) is 0 Å². The van der Waals surface area contributed by atoms with Crippen LogP contribution in [0.5, 0.6) is 11.5 Å². The summed E-state index contributed by atoms with van der Waals surface area (Å²) in [4.78, 5) is 0.206. The molecule has 0 aromatic heterocycles. The fourth-order valence-electron chi connectivity index (χ4n) is 1.25. The van der Waals surface area contributed by atoms with Gasteiger partial charge >= 0.3 is 5.51 Å². The summed E-state index contributed by atoms with van der Waals surface area (Å²) in [7, 11) is 1.43. The molecule has 0 radical (unpaired) electrons. The predicted molar refractivity (Wildman–Crippen MR) is 72.9 cm³/mol. The van der Waals surface area contributed by atoms with Crippen molar-refractivity contribution in [2.75, 3.05) is 19.5 Å². The lowest BCUT2D eigenvalue weighted by atomic mass is 10.2. The zero-order chi connectivity index (χ0) is 14.5. The zero-order valence-electron chi connectivity index (χ0n) is 9.99. The van der Waals surface area contributed by atoms with Crippen LogP contribution >= 0.6 is 24.0 Å². The molecule has 1 aromatic rings. The highest BCUT2D eigenvalue weighted by atomic mass is 32.2. The van der Waals surface area contributed by atoms with Crippen LogP contribution in [0.2, 0.25) is 0 Å². The summed E-state index contributed by atoms with van der Waals surface area (Å²) in [6.07, 6.45) is 0. The van der Waals surface area contributed by atoms with E-state index in [1.165, 1.54) is 7.11 Å². The number of benzene rings is 1. The molecule has 0 aliphatic rings. The van der Waals surface area contributed by atoms with E-state index in [2.05, 4.69) is 0 Å². The SMILES string of the molecule is COc1cc(C(N)=S)ccc1OCCSC(F)(F)F. The summed E-state index contributed by atoms with van der Waals surface area (Å²) in [6.45, 7) is -0.0764. The quantitative estimate of drug-likeness (QED) is 0.646. The van der Waals surface area contributed by atoms with E-state index in [0.717, 1.165) is 0 Å². The molecule has 0 aliphatic carbocycles. The summed E-state index contributed by atoms with van der Waals surface area (Å²) >= 11 is 4.68. The number of rotatable bonds is 6. The second-order valence-electron chi connectivity index (χ2n) is 3.37. The second-order valence-corrected chi connectivity index (χ2v) is 4.97. The maximum Gasteiger partial charge on any atom is 0.441 e. The summed E-state index contributed by atoms with van der Waals surface area (Å²) in [5.41, 5.74) is 1.82. The molecule has 1 rings (SSSR count). The molecule has 2 N–H and O–H groups in total. The Morgan fingerprint density at radius 2 is 2.05 bits per heavy atom. The Labute approximate surface area is 118 Å². The Bertz CT molecular complexity index is 452. The van der Waals surface area contributed by atoms with E-state index in [4.69, 9.17) is 27.4 Å². The van der Waals surface area contributed by atoms with E-state index in [1.54, 1.807) is 18.2 Å². The van der Waals surface area contributed by atoms with Gasteiger partial charge in [0, 0.05) is 11.3 Å². The minimum Gasteiger partial charge on any atom is -0.493 e. The average molecular weight is 311 g/mol. The molecule has 8 heteroatoms. The molecule has 1 aromatic carbocycles. The molecule has 0 fully saturated rings. The van der Waals surface area contributed by atoms with Crippen molar-refractivity contribution in [2.24, 2.45) is 5.73 Å². The lowest BCUT2D eigenvalue weighted by Crippen LogP contribution is -2.10. The van der Waals surface area contributed by atoms with Gasteiger partial charge in [-0.15, -0.1) is 0 Å². The number of thioether (sulfide) groups is 1. The molecule has 0 unspecified atom stereocenters. The number of alkyl halides is 3. The molecule has 0 amide bonds. The lowest BCUT2D eigenvalue weighted by Gasteiger charge is -2.12. The number of hydrogen-bond acceptors (Lipinski definition) is 4. The Hall–Kier alpha value is -1.15. The van der Waals surface area contributed by atoms with Crippen molar-refractivity contribution in [1.82, 2.24) is 0 Å². The van der Waals surface area contributed by atoms with Gasteiger partial charge in [-0.2, -0.15) is 13.2 Å². The minimum absolute atomic E-state index is 0.0764. The number of methoxy groups -OCH3 is 1. The number of thiocarbonyl (C=S) groups is 1. The van der Waals surface area contributed by atoms with E-state index >= 15 is 0 Å². The van der Waals surface area contributed by atoms with Gasteiger partial charge in [-0.05, 0) is 30.0 Å². The maximum atomic E-state index is 11.9. The van der Waals surface area contributed by atoms with Crippen LogP contribution in [0.4, 0.5) is 13.2 Å². The van der Waals surface area contributed by atoms with Gasteiger partial charge in [-0.1, -0.05) is 12.2 Å². The van der Waals surface area contributed by atoms with Gasteiger partial charge in [0.15, 0.2) is 11.5 Å². The van der Waals surface area contributed by atoms with Crippen molar-refractivity contribution in [3.05, 3.63) is 23.8 Å². The normalized spacial score (nSPS) is 11.2. The molecular formula is C11H12F3NO2S2. The number of hydrogen-bond donors (Lipinski definition) is 1. The van der Waals surface area contributed by atoms with Crippen molar-refractivity contribution in [1.29, 1.82) is 0 Å². The Kier molecular flexibility index (Phi) is 5.74. The average Bonchev–Trinajstić information content (AvgIpc) is 2.33. The fraction of sp³-hybridized carbons (Fsp3) is 0.364. The van der Waals surface area contributed by atoms with Gasteiger partial charge in [0.25, 0.3) is 0 Å². The summed E-state index contributed by atoms with van der Waals surface area (Å²) in [5, 5.41) is 0. The molecular weight excluding hydrogens is 299 g/mol. The molecule has 0 heterocycles. The van der Waals surface area contributed by atoms with Crippen LogP contribution in [0.1, 0.15) is 5.56 Å². The van der Waals surface area contributed by atoms with Crippen LogP contribution in [-0.4, -0.2) is 30.0 Å². The van der Waals surface area contributed by atoms with Crippen LogP contribution in [0, 0.1) is 0 Å². The Balaban J connectivity index is 2.61. The Morgan fingerprint density at radius 1 is 1.37 bits per heavy atom. The van der Waals surface area contributed by atoms with Crippen LogP contribution < -0.4 is 15.2 Å². The monoisotopic (exact) mass is 311 g/mol. The highest BCUT2D eigenvalue weighted by Crippen LogP contribution is 2.31. The number of ether oxygens (including phenoxy) is 2. The topological polar surface area (TPSA) is 44.5 Å². The van der Waals surface area contributed by atoms with Gasteiger partial charge in [-0.25, -0.2) is 0 Å². The molecule has 0 aliphatic heterocycles. The summed E-state index contributed by atoms with van der Waals surface area (Å²) in [5.74, 6) is 0.538. The van der Waals surface area contributed by atoms with Crippen LogP contribution in [-0.2, 0) is 0 Å². The molecule has 0 bridgehead atoms. The van der Waals surface area contributed by atoms with Gasteiger partial charge in [-0.3, -0.25) is 0 Å². The molecule has 3 nitrogen and oxygen atoms in total. The zero-order valence-corrected chi connectivity index (χ0v) is 11.6. The highest BCUT2D eigenvalue weighted by molar-refractivity contribution is 8.00. The molecule has 106 valence electrons. The minimum atomic E-state index is -4.25. The van der Waals surface area contributed by atoms with Crippen molar-refractivity contribution in [3.63, 3.8) is 0 Å². The van der Waals surface area contributed by atoms with Crippen molar-refractivity contribution in [3.8, 4) is 11.5 Å². The molecule has 0 saturated carbocycles. The largest absolute Gasteiger partial charge is 0.493 e. The van der Waals surface area contributed by atoms with Crippen molar-refractivity contribution in [2.45, 2.75) is 5.51 Å². The molecule has 0 atom stereocenters. The first kappa shape index (κ1) is 15.9. The third kappa shape index (κ3) is 5.56. The first-order chi connectivity index (χ1) is 8.83. The number of nitrogens with two attached hydrogens (primary N) is 1. The Morgan fingerprint density at radius 3 is 2.58 bits per heavy atom.